The number of benzene rings is 2. The van der Waals surface area contributed by atoms with Crippen molar-refractivity contribution in [2.24, 2.45) is 5.92 Å². The van der Waals surface area contributed by atoms with Crippen molar-refractivity contribution in [2.75, 3.05) is 0 Å². The SMILES string of the molecule is CC(Cc1ccc(Br)cc1[N+](=O)[O-])C(Cl)c1ccccc1. The first kappa shape index (κ1) is 16.0. The molecule has 0 aromatic heterocycles. The fourth-order valence-electron chi connectivity index (χ4n) is 2.30. The molecule has 0 saturated heterocycles. The standard InChI is InChI=1S/C16H15BrClNO2/c1-11(16(18)12-5-3-2-4-6-12)9-13-7-8-14(17)10-15(13)19(20)21/h2-8,10-11,16H,9H2,1H3. The molecule has 0 spiro atoms. The van der Waals surface area contributed by atoms with Crippen LogP contribution in [-0.4, -0.2) is 4.92 Å². The van der Waals surface area contributed by atoms with Crippen molar-refractivity contribution in [2.45, 2.75) is 18.7 Å². The van der Waals surface area contributed by atoms with Gasteiger partial charge in [-0.1, -0.05) is 59.3 Å². The van der Waals surface area contributed by atoms with Crippen LogP contribution in [0.3, 0.4) is 0 Å². The van der Waals surface area contributed by atoms with Crippen LogP contribution in [0, 0.1) is 16.0 Å². The second-order valence-electron chi connectivity index (χ2n) is 5.02. The van der Waals surface area contributed by atoms with Gasteiger partial charge in [-0.15, -0.1) is 11.6 Å². The topological polar surface area (TPSA) is 43.1 Å². The third kappa shape index (κ3) is 4.05. The van der Waals surface area contributed by atoms with Gasteiger partial charge in [0.15, 0.2) is 0 Å². The van der Waals surface area contributed by atoms with Crippen molar-refractivity contribution in [1.29, 1.82) is 0 Å². The normalized spacial score (nSPS) is 13.7. The Bertz CT molecular complexity index is 633. The van der Waals surface area contributed by atoms with E-state index in [1.807, 2.05) is 43.3 Å². The van der Waals surface area contributed by atoms with E-state index in [0.717, 1.165) is 5.56 Å². The lowest BCUT2D eigenvalue weighted by Crippen LogP contribution is -2.09. The number of rotatable bonds is 5. The van der Waals surface area contributed by atoms with Gasteiger partial charge >= 0.3 is 0 Å². The number of hydrogen-bond acceptors (Lipinski definition) is 2. The number of nitro benzene ring substituents is 1. The quantitative estimate of drug-likeness (QED) is 0.396. The molecule has 0 radical (unpaired) electrons. The molecule has 3 nitrogen and oxygen atoms in total. The summed E-state index contributed by atoms with van der Waals surface area (Å²) >= 11 is 9.76. The summed E-state index contributed by atoms with van der Waals surface area (Å²) in [6, 6.07) is 14.9. The molecular formula is C16H15BrClNO2. The lowest BCUT2D eigenvalue weighted by Gasteiger charge is -2.18. The summed E-state index contributed by atoms with van der Waals surface area (Å²) in [5, 5.41) is 11.0. The van der Waals surface area contributed by atoms with Crippen molar-refractivity contribution < 1.29 is 4.92 Å². The van der Waals surface area contributed by atoms with Gasteiger partial charge in [0.1, 0.15) is 0 Å². The van der Waals surface area contributed by atoms with E-state index in [-0.39, 0.29) is 21.9 Å². The van der Waals surface area contributed by atoms with Crippen LogP contribution in [0.1, 0.15) is 23.4 Å². The van der Waals surface area contributed by atoms with Crippen molar-refractivity contribution in [3.8, 4) is 0 Å². The lowest BCUT2D eigenvalue weighted by molar-refractivity contribution is -0.385. The minimum atomic E-state index is -0.349. The molecule has 0 aliphatic rings. The first-order chi connectivity index (χ1) is 9.99. The molecule has 2 unspecified atom stereocenters. The summed E-state index contributed by atoms with van der Waals surface area (Å²) in [6.07, 6.45) is 0.562. The average Bonchev–Trinajstić information content (AvgIpc) is 2.49. The Morgan fingerprint density at radius 2 is 1.90 bits per heavy atom. The summed E-state index contributed by atoms with van der Waals surface area (Å²) in [6.45, 7) is 2.01. The molecule has 0 aliphatic carbocycles. The maximum Gasteiger partial charge on any atom is 0.273 e. The van der Waals surface area contributed by atoms with E-state index in [1.54, 1.807) is 6.07 Å². The Hall–Kier alpha value is -1.39. The molecule has 2 aromatic carbocycles. The molecule has 5 heteroatoms. The Morgan fingerprint density at radius 3 is 2.52 bits per heavy atom. The van der Waals surface area contributed by atoms with Gasteiger partial charge in [-0.05, 0) is 24.0 Å². The van der Waals surface area contributed by atoms with Crippen LogP contribution in [0.4, 0.5) is 5.69 Å². The molecule has 2 atom stereocenters. The van der Waals surface area contributed by atoms with Gasteiger partial charge in [-0.3, -0.25) is 10.1 Å². The highest BCUT2D eigenvalue weighted by Crippen LogP contribution is 2.33. The number of alkyl halides is 1. The van der Waals surface area contributed by atoms with Crippen LogP contribution in [0.15, 0.2) is 53.0 Å². The minimum absolute atomic E-state index is 0.0916. The van der Waals surface area contributed by atoms with Crippen LogP contribution >= 0.6 is 27.5 Å². The Balaban J connectivity index is 2.20. The van der Waals surface area contributed by atoms with E-state index in [4.69, 9.17) is 11.6 Å². The van der Waals surface area contributed by atoms with Crippen LogP contribution in [-0.2, 0) is 6.42 Å². The van der Waals surface area contributed by atoms with Crippen LogP contribution in [0.5, 0.6) is 0 Å². The van der Waals surface area contributed by atoms with Gasteiger partial charge in [0, 0.05) is 16.1 Å². The predicted molar refractivity (Wildman–Crippen MR) is 88.7 cm³/mol. The monoisotopic (exact) mass is 367 g/mol. The Kier molecular flexibility index (Phi) is 5.37. The molecule has 0 saturated carbocycles. The fraction of sp³-hybridized carbons (Fsp3) is 0.250. The number of nitrogens with zero attached hydrogens (tertiary/aromatic N) is 1. The highest BCUT2D eigenvalue weighted by atomic mass is 79.9. The van der Waals surface area contributed by atoms with Crippen molar-refractivity contribution in [3.05, 3.63) is 74.2 Å². The van der Waals surface area contributed by atoms with Gasteiger partial charge < -0.3 is 0 Å². The summed E-state index contributed by atoms with van der Waals surface area (Å²) in [5.74, 6) is 0.0916. The first-order valence-electron chi connectivity index (χ1n) is 6.61. The molecule has 0 aliphatic heterocycles. The number of halogens is 2. The van der Waals surface area contributed by atoms with E-state index in [9.17, 15) is 10.1 Å². The van der Waals surface area contributed by atoms with E-state index in [2.05, 4.69) is 15.9 Å². The van der Waals surface area contributed by atoms with E-state index >= 15 is 0 Å². The zero-order chi connectivity index (χ0) is 15.4. The van der Waals surface area contributed by atoms with E-state index in [1.165, 1.54) is 6.07 Å². The summed E-state index contributed by atoms with van der Waals surface area (Å²) in [5.41, 5.74) is 1.87. The van der Waals surface area contributed by atoms with Gasteiger partial charge in [-0.25, -0.2) is 0 Å². The molecule has 0 amide bonds. The van der Waals surface area contributed by atoms with Crippen molar-refractivity contribution >= 4 is 33.2 Å². The van der Waals surface area contributed by atoms with Gasteiger partial charge in [0.2, 0.25) is 0 Å². The molecule has 21 heavy (non-hydrogen) atoms. The highest BCUT2D eigenvalue weighted by Gasteiger charge is 2.21. The molecule has 2 aromatic rings. The smallest absolute Gasteiger partial charge is 0.258 e. The number of nitro groups is 1. The van der Waals surface area contributed by atoms with Gasteiger partial charge in [0.25, 0.3) is 5.69 Å². The van der Waals surface area contributed by atoms with Crippen LogP contribution in [0.2, 0.25) is 0 Å². The second kappa shape index (κ2) is 7.05. The largest absolute Gasteiger partial charge is 0.273 e. The third-order valence-corrected chi connectivity index (χ3v) is 4.58. The Labute approximate surface area is 137 Å². The highest BCUT2D eigenvalue weighted by molar-refractivity contribution is 9.10. The molecule has 0 fully saturated rings. The van der Waals surface area contributed by atoms with Crippen LogP contribution < -0.4 is 0 Å². The molecule has 0 N–H and O–H groups in total. The molecular weight excluding hydrogens is 354 g/mol. The van der Waals surface area contributed by atoms with Crippen LogP contribution in [0.25, 0.3) is 0 Å². The second-order valence-corrected chi connectivity index (χ2v) is 6.41. The minimum Gasteiger partial charge on any atom is -0.258 e. The zero-order valence-electron chi connectivity index (χ0n) is 11.5. The van der Waals surface area contributed by atoms with Crippen molar-refractivity contribution in [3.63, 3.8) is 0 Å². The first-order valence-corrected chi connectivity index (χ1v) is 7.84. The summed E-state index contributed by atoms with van der Waals surface area (Å²) < 4.78 is 0.705. The molecule has 0 bridgehead atoms. The van der Waals surface area contributed by atoms with Gasteiger partial charge in [-0.2, -0.15) is 0 Å². The third-order valence-electron chi connectivity index (χ3n) is 3.40. The van der Waals surface area contributed by atoms with Crippen molar-refractivity contribution in [1.82, 2.24) is 0 Å². The summed E-state index contributed by atoms with van der Waals surface area (Å²) in [7, 11) is 0. The molecule has 2 rings (SSSR count). The molecule has 110 valence electrons. The maximum absolute atomic E-state index is 11.1. The maximum atomic E-state index is 11.1. The lowest BCUT2D eigenvalue weighted by atomic mass is 9.93. The van der Waals surface area contributed by atoms with E-state index < -0.39 is 0 Å². The molecule has 0 heterocycles. The van der Waals surface area contributed by atoms with E-state index in [0.29, 0.717) is 16.5 Å². The Morgan fingerprint density at radius 1 is 1.24 bits per heavy atom. The van der Waals surface area contributed by atoms with Gasteiger partial charge in [0.05, 0.1) is 10.3 Å². The zero-order valence-corrected chi connectivity index (χ0v) is 13.8. The number of hydrogen-bond donors (Lipinski definition) is 0. The fourth-order valence-corrected chi connectivity index (χ4v) is 2.88. The predicted octanol–water partition coefficient (Wildman–Crippen LogP) is 5.52. The average molecular weight is 369 g/mol. The summed E-state index contributed by atoms with van der Waals surface area (Å²) in [4.78, 5) is 10.8.